The molecule has 3 atom stereocenters. The van der Waals surface area contributed by atoms with Crippen LogP contribution in [0, 0.1) is 12.8 Å². The Labute approximate surface area is 160 Å². The van der Waals surface area contributed by atoms with Gasteiger partial charge in [0.05, 0.1) is 7.11 Å². The van der Waals surface area contributed by atoms with E-state index in [0.29, 0.717) is 12.0 Å². The number of rotatable bonds is 4. The second-order valence-electron chi connectivity index (χ2n) is 8.19. The minimum atomic E-state index is 0.620. The molecular weight excluding hydrogens is 340 g/mol. The van der Waals surface area contributed by atoms with E-state index in [1.54, 1.807) is 12.0 Å². The summed E-state index contributed by atoms with van der Waals surface area (Å²) in [7, 11) is 1.75. The highest BCUT2D eigenvalue weighted by atomic mass is 32.1. The van der Waals surface area contributed by atoms with Gasteiger partial charge in [-0.2, -0.15) is 0 Å². The summed E-state index contributed by atoms with van der Waals surface area (Å²) in [6, 6.07) is 12.5. The lowest BCUT2D eigenvalue weighted by Gasteiger charge is -2.51. The average molecular weight is 369 g/mol. The Morgan fingerprint density at radius 2 is 1.85 bits per heavy atom. The zero-order valence-corrected chi connectivity index (χ0v) is 16.5. The number of piperidine rings is 3. The van der Waals surface area contributed by atoms with E-state index in [1.165, 1.54) is 43.6 Å². The van der Waals surface area contributed by atoms with E-state index in [4.69, 9.17) is 4.74 Å². The average Bonchev–Trinajstić information content (AvgIpc) is 3.28. The Bertz CT molecular complexity index is 763. The fraction of sp³-hybridized carbons (Fsp3) is 0.545. The lowest BCUT2D eigenvalue weighted by molar-refractivity contribution is -0.00848. The molecule has 4 heteroatoms. The van der Waals surface area contributed by atoms with E-state index < -0.39 is 0 Å². The van der Waals surface area contributed by atoms with Gasteiger partial charge in [-0.25, -0.2) is 0 Å². The first-order chi connectivity index (χ1) is 12.7. The molecular formula is C22H28N2OS. The largest absolute Gasteiger partial charge is 0.497 e. The molecule has 0 amide bonds. The summed E-state index contributed by atoms with van der Waals surface area (Å²) in [6.45, 7) is 7.17. The van der Waals surface area contributed by atoms with Crippen LogP contribution < -0.4 is 4.74 Å². The summed E-state index contributed by atoms with van der Waals surface area (Å²) in [5, 5.41) is 2.25. The maximum Gasteiger partial charge on any atom is 0.118 e. The smallest absolute Gasteiger partial charge is 0.118 e. The number of hydrogen-bond donors (Lipinski definition) is 0. The zero-order chi connectivity index (χ0) is 17.7. The van der Waals surface area contributed by atoms with Crippen LogP contribution in [0.1, 0.15) is 34.8 Å². The van der Waals surface area contributed by atoms with Crippen molar-refractivity contribution >= 4 is 11.3 Å². The number of likely N-dealkylation sites (tertiary alicyclic amines) is 1. The van der Waals surface area contributed by atoms with E-state index in [2.05, 4.69) is 52.4 Å². The first-order valence-electron chi connectivity index (χ1n) is 9.89. The predicted octanol–water partition coefficient (Wildman–Crippen LogP) is 4.13. The lowest BCUT2D eigenvalue weighted by atomic mass is 9.75. The van der Waals surface area contributed by atoms with Crippen molar-refractivity contribution < 1.29 is 4.74 Å². The van der Waals surface area contributed by atoms with E-state index in [1.807, 2.05) is 11.3 Å². The van der Waals surface area contributed by atoms with Crippen LogP contribution >= 0.6 is 11.3 Å². The number of ether oxygens (including phenoxy) is 1. The molecule has 4 fully saturated rings. The van der Waals surface area contributed by atoms with Crippen LogP contribution in [0.25, 0.3) is 0 Å². The predicted molar refractivity (Wildman–Crippen MR) is 107 cm³/mol. The summed E-state index contributed by atoms with van der Waals surface area (Å²) in [6.07, 6.45) is 2.77. The first-order valence-corrected chi connectivity index (χ1v) is 10.8. The van der Waals surface area contributed by atoms with Gasteiger partial charge in [-0.15, -0.1) is 11.3 Å². The van der Waals surface area contributed by atoms with Crippen LogP contribution in [0.15, 0.2) is 35.7 Å². The Kier molecular flexibility index (Phi) is 4.30. The van der Waals surface area contributed by atoms with Crippen molar-refractivity contribution in [3.8, 4) is 5.75 Å². The Morgan fingerprint density at radius 3 is 2.50 bits per heavy atom. The highest BCUT2D eigenvalue weighted by Crippen LogP contribution is 2.47. The van der Waals surface area contributed by atoms with Crippen molar-refractivity contribution in [2.45, 2.75) is 44.3 Å². The molecule has 4 aliphatic rings. The SMILES string of the molecule is COc1ccc([C@@H]2CN(Cc3sccc3C)[C@@H]3C4CCN(CC4)[C@@H]32)cc1. The van der Waals surface area contributed by atoms with Gasteiger partial charge in [-0.05, 0) is 73.5 Å². The van der Waals surface area contributed by atoms with Crippen molar-refractivity contribution in [2.24, 2.45) is 5.92 Å². The summed E-state index contributed by atoms with van der Waals surface area (Å²) in [4.78, 5) is 7.16. The number of nitrogens with zero attached hydrogens (tertiary/aromatic N) is 2. The van der Waals surface area contributed by atoms with Crippen molar-refractivity contribution in [2.75, 3.05) is 26.7 Å². The summed E-state index contributed by atoms with van der Waals surface area (Å²) in [5.74, 6) is 2.46. The molecule has 2 bridgehead atoms. The van der Waals surface area contributed by atoms with Gasteiger partial charge in [0.15, 0.2) is 0 Å². The molecule has 6 rings (SSSR count). The van der Waals surface area contributed by atoms with Crippen molar-refractivity contribution in [3.05, 3.63) is 51.7 Å². The van der Waals surface area contributed by atoms with Crippen LogP contribution in [-0.4, -0.2) is 48.6 Å². The van der Waals surface area contributed by atoms with E-state index >= 15 is 0 Å². The maximum absolute atomic E-state index is 5.37. The topological polar surface area (TPSA) is 15.7 Å². The van der Waals surface area contributed by atoms with Gasteiger partial charge in [0, 0.05) is 36.0 Å². The third-order valence-corrected chi connectivity index (χ3v) is 7.96. The van der Waals surface area contributed by atoms with Gasteiger partial charge in [-0.3, -0.25) is 9.80 Å². The van der Waals surface area contributed by atoms with Gasteiger partial charge in [0.1, 0.15) is 5.75 Å². The second kappa shape index (κ2) is 6.66. The van der Waals surface area contributed by atoms with Crippen LogP contribution in [0.2, 0.25) is 0 Å². The second-order valence-corrected chi connectivity index (χ2v) is 9.19. The fourth-order valence-electron chi connectivity index (χ4n) is 5.62. The molecule has 138 valence electrons. The monoisotopic (exact) mass is 368 g/mol. The first kappa shape index (κ1) is 16.8. The molecule has 0 spiro atoms. The van der Waals surface area contributed by atoms with Crippen molar-refractivity contribution in [1.29, 1.82) is 0 Å². The molecule has 0 saturated carbocycles. The van der Waals surface area contributed by atoms with Gasteiger partial charge in [-0.1, -0.05) is 12.1 Å². The van der Waals surface area contributed by atoms with Gasteiger partial charge in [0.2, 0.25) is 0 Å². The number of fused-ring (bicyclic) bond motifs is 2. The summed E-state index contributed by atoms with van der Waals surface area (Å²) >= 11 is 1.93. The Morgan fingerprint density at radius 1 is 1.08 bits per heavy atom. The molecule has 26 heavy (non-hydrogen) atoms. The highest BCUT2D eigenvalue weighted by Gasteiger charge is 2.53. The quantitative estimate of drug-likeness (QED) is 0.807. The van der Waals surface area contributed by atoms with Crippen LogP contribution in [0.3, 0.4) is 0 Å². The van der Waals surface area contributed by atoms with Gasteiger partial charge in [0.25, 0.3) is 0 Å². The van der Waals surface area contributed by atoms with Crippen molar-refractivity contribution in [3.63, 3.8) is 0 Å². The van der Waals surface area contributed by atoms with Crippen molar-refractivity contribution in [1.82, 2.24) is 9.80 Å². The highest BCUT2D eigenvalue weighted by molar-refractivity contribution is 7.10. The van der Waals surface area contributed by atoms with Crippen LogP contribution in [0.5, 0.6) is 5.75 Å². The van der Waals surface area contributed by atoms with Crippen LogP contribution in [0.4, 0.5) is 0 Å². The number of methoxy groups -OCH3 is 1. The zero-order valence-electron chi connectivity index (χ0n) is 15.7. The lowest BCUT2D eigenvalue weighted by Crippen LogP contribution is -2.59. The summed E-state index contributed by atoms with van der Waals surface area (Å²) < 4.78 is 5.37. The molecule has 0 radical (unpaired) electrons. The standard InChI is InChI=1S/C22H28N2OS/c1-15-9-12-26-20(15)14-24-13-19(16-3-5-18(25-2)6-4-16)22-21(24)17-7-10-23(22)11-8-17/h3-6,9,12,17,19,21-22H,7-8,10-11,13-14H2,1-2H3/t19-,21+,22+/m0/s1. The number of aryl methyl sites for hydroxylation is 1. The van der Waals surface area contributed by atoms with E-state index in [0.717, 1.165) is 24.3 Å². The van der Waals surface area contributed by atoms with Crippen LogP contribution in [-0.2, 0) is 6.54 Å². The molecule has 1 aromatic heterocycles. The third-order valence-electron chi connectivity index (χ3n) is 6.95. The minimum Gasteiger partial charge on any atom is -0.497 e. The molecule has 1 aromatic carbocycles. The van der Waals surface area contributed by atoms with Gasteiger partial charge >= 0.3 is 0 Å². The molecule has 0 unspecified atom stereocenters. The molecule has 0 aliphatic carbocycles. The number of thiophene rings is 1. The normalized spacial score (nSPS) is 33.4. The maximum atomic E-state index is 5.37. The minimum absolute atomic E-state index is 0.620. The van der Waals surface area contributed by atoms with E-state index in [-0.39, 0.29) is 0 Å². The van der Waals surface area contributed by atoms with Gasteiger partial charge < -0.3 is 4.74 Å². The fourth-order valence-corrected chi connectivity index (χ4v) is 6.55. The molecule has 0 N–H and O–H groups in total. The molecule has 4 aliphatic heterocycles. The molecule has 3 nitrogen and oxygen atoms in total. The third kappa shape index (κ3) is 2.70. The number of hydrogen-bond acceptors (Lipinski definition) is 4. The Balaban J connectivity index is 1.47. The number of benzene rings is 1. The summed E-state index contributed by atoms with van der Waals surface area (Å²) in [5.41, 5.74) is 2.94. The molecule has 5 heterocycles. The molecule has 4 saturated heterocycles. The molecule has 2 aromatic rings. The van der Waals surface area contributed by atoms with E-state index in [9.17, 15) is 0 Å². The Hall–Kier alpha value is -1.36.